The van der Waals surface area contributed by atoms with E-state index in [9.17, 15) is 9.59 Å². The lowest BCUT2D eigenvalue weighted by Gasteiger charge is -2.34. The number of aryl methyl sites for hydroxylation is 2. The molecule has 1 saturated heterocycles. The van der Waals surface area contributed by atoms with Crippen LogP contribution in [0.25, 0.3) is 39.0 Å². The molecule has 0 unspecified atom stereocenters. The molecular weight excluding hydrogens is 837 g/mol. The Labute approximate surface area is 369 Å². The molecule has 3 fully saturated rings. The molecule has 332 valence electrons. The van der Waals surface area contributed by atoms with Crippen molar-refractivity contribution in [2.45, 2.75) is 89.8 Å². The summed E-state index contributed by atoms with van der Waals surface area (Å²) in [6.07, 6.45) is 11.0. The number of aromatic amines is 1. The van der Waals surface area contributed by atoms with Crippen LogP contribution in [0.4, 0.5) is 8.78 Å². The number of benzene rings is 2. The van der Waals surface area contributed by atoms with Crippen molar-refractivity contribution in [3.8, 4) is 17.2 Å². The minimum Gasteiger partial charge on any atom is -0.381 e. The van der Waals surface area contributed by atoms with Gasteiger partial charge in [0.15, 0.2) is 11.6 Å². The number of amides is 1. The van der Waals surface area contributed by atoms with Crippen molar-refractivity contribution in [1.29, 1.82) is 0 Å². The summed E-state index contributed by atoms with van der Waals surface area (Å²) < 4.78 is 50.3. The van der Waals surface area contributed by atoms with Gasteiger partial charge in [-0.05, 0) is 106 Å². The molecule has 2 aliphatic carbocycles. The van der Waals surface area contributed by atoms with Gasteiger partial charge >= 0.3 is 11.4 Å². The topological polar surface area (TPSA) is 169 Å². The Morgan fingerprint density at radius 1 is 0.923 bits per heavy atom. The van der Waals surface area contributed by atoms with Crippen molar-refractivity contribution in [3.63, 3.8) is 0 Å². The summed E-state index contributed by atoms with van der Waals surface area (Å²) in [4.78, 5) is 52.1. The van der Waals surface area contributed by atoms with Gasteiger partial charge in [0, 0.05) is 61.1 Å². The normalized spacial score (nSPS) is 21.2. The largest absolute Gasteiger partial charge is 0.438 e. The first-order valence-electron chi connectivity index (χ1n) is 22.3. The lowest BCUT2D eigenvalue weighted by atomic mass is 9.95. The van der Waals surface area contributed by atoms with Gasteiger partial charge < -0.3 is 14.2 Å². The van der Waals surface area contributed by atoms with E-state index in [1.807, 2.05) is 41.4 Å². The number of hydrogen-bond donors (Lipinski definition) is 1. The highest BCUT2D eigenvalue weighted by Crippen LogP contribution is 2.56. The summed E-state index contributed by atoms with van der Waals surface area (Å²) in [5.74, 6) is -1.02. The zero-order valence-electron chi connectivity index (χ0n) is 36.2. The van der Waals surface area contributed by atoms with Crippen LogP contribution in [0.2, 0.25) is 0 Å². The number of halogens is 2. The fraction of sp³-hybridized carbons (Fsp3) is 0.383. The van der Waals surface area contributed by atoms with Gasteiger partial charge in [0.05, 0.1) is 58.0 Å². The molecule has 2 aliphatic heterocycles. The van der Waals surface area contributed by atoms with Crippen molar-refractivity contribution < 1.29 is 22.8 Å². The second-order valence-electron chi connectivity index (χ2n) is 18.3. The zero-order valence-corrected chi connectivity index (χ0v) is 36.2. The van der Waals surface area contributed by atoms with Crippen molar-refractivity contribution in [1.82, 2.24) is 53.3 Å². The molecule has 0 bridgehead atoms. The second kappa shape index (κ2) is 14.3. The van der Waals surface area contributed by atoms with E-state index in [2.05, 4.69) is 15.2 Å². The smallest absolute Gasteiger partial charge is 0.381 e. The van der Waals surface area contributed by atoms with Crippen molar-refractivity contribution in [3.05, 3.63) is 133 Å². The highest BCUT2D eigenvalue weighted by Gasteiger charge is 2.59. The molecule has 8 aromatic rings. The van der Waals surface area contributed by atoms with Crippen LogP contribution in [-0.4, -0.2) is 79.0 Å². The highest BCUT2D eigenvalue weighted by atomic mass is 19.1. The van der Waals surface area contributed by atoms with E-state index in [4.69, 9.17) is 19.3 Å². The molecule has 2 saturated carbocycles. The van der Waals surface area contributed by atoms with Crippen LogP contribution in [0.15, 0.2) is 75.3 Å². The summed E-state index contributed by atoms with van der Waals surface area (Å²) in [7, 11) is 0. The summed E-state index contributed by atoms with van der Waals surface area (Å²) in [6.45, 7) is 8.89. The van der Waals surface area contributed by atoms with Gasteiger partial charge in [-0.15, -0.1) is 0 Å². The van der Waals surface area contributed by atoms with E-state index in [0.717, 1.165) is 42.3 Å². The fourth-order valence-electron chi connectivity index (χ4n) is 10.6. The number of H-pyrrole nitrogens is 1. The average Bonchev–Trinajstić information content (AvgIpc) is 3.83. The van der Waals surface area contributed by atoms with E-state index in [0.29, 0.717) is 82.4 Å². The Balaban J connectivity index is 0.998. The Hall–Kier alpha value is -6.95. The third-order valence-electron chi connectivity index (χ3n) is 14.3. The molecule has 12 rings (SSSR count). The van der Waals surface area contributed by atoms with Crippen LogP contribution in [0, 0.1) is 31.4 Å². The summed E-state index contributed by atoms with van der Waals surface area (Å²) in [5.41, 5.74) is 3.91. The number of nitrogens with zero attached hydrogens (tertiary/aromatic N) is 10. The number of aromatic nitrogens is 10. The van der Waals surface area contributed by atoms with Gasteiger partial charge in [-0.25, -0.2) is 23.1 Å². The van der Waals surface area contributed by atoms with Gasteiger partial charge in [-0.3, -0.25) is 33.1 Å². The Bertz CT molecular complexity index is 3370. The number of pyridine rings is 1. The maximum atomic E-state index is 16.4. The number of imidazole rings is 1. The van der Waals surface area contributed by atoms with Gasteiger partial charge in [-0.2, -0.15) is 10.2 Å². The molecule has 0 spiro atoms. The Kier molecular flexibility index (Phi) is 8.70. The van der Waals surface area contributed by atoms with Crippen molar-refractivity contribution >= 4 is 27.7 Å². The third kappa shape index (κ3) is 5.91. The molecule has 3 atom stereocenters. The van der Waals surface area contributed by atoms with Crippen molar-refractivity contribution in [2.24, 2.45) is 5.92 Å². The third-order valence-corrected chi connectivity index (χ3v) is 14.3. The number of carbonyl (C=O) groups is 1. The molecule has 18 heteroatoms. The molecule has 2 aromatic carbocycles. The van der Waals surface area contributed by atoms with Crippen LogP contribution in [0.3, 0.4) is 0 Å². The number of nitrogens with one attached hydrogen (secondary N) is 1. The quantitative estimate of drug-likeness (QED) is 0.172. The van der Waals surface area contributed by atoms with Gasteiger partial charge in [0.1, 0.15) is 22.9 Å². The summed E-state index contributed by atoms with van der Waals surface area (Å²) in [5, 5.41) is 14.8. The highest BCUT2D eigenvalue weighted by molar-refractivity contribution is 5.99. The predicted molar refractivity (Wildman–Crippen MR) is 233 cm³/mol. The minimum atomic E-state index is -0.885. The molecule has 1 amide bonds. The van der Waals surface area contributed by atoms with E-state index in [1.54, 1.807) is 53.9 Å². The molecule has 1 N–H and O–H groups in total. The summed E-state index contributed by atoms with van der Waals surface area (Å²) in [6, 6.07) is 10.3. The van der Waals surface area contributed by atoms with Gasteiger partial charge in [0.2, 0.25) is 0 Å². The fourth-order valence-corrected chi connectivity index (χ4v) is 10.6. The average molecular weight is 882 g/mol. The molecule has 65 heavy (non-hydrogen) atoms. The maximum absolute atomic E-state index is 16.4. The molecular formula is C47H45F2N11O5. The lowest BCUT2D eigenvalue weighted by Crippen LogP contribution is -2.41. The number of ether oxygens (including phenoxy) is 1. The number of rotatable bonds is 8. The summed E-state index contributed by atoms with van der Waals surface area (Å²) >= 11 is 0. The Morgan fingerprint density at radius 2 is 1.68 bits per heavy atom. The molecule has 4 aliphatic rings. The number of hydrogen-bond acceptors (Lipinski definition) is 9. The van der Waals surface area contributed by atoms with E-state index >= 15 is 13.6 Å². The van der Waals surface area contributed by atoms with E-state index in [1.165, 1.54) is 21.5 Å². The Morgan fingerprint density at radius 3 is 2.38 bits per heavy atom. The first kappa shape index (κ1) is 39.6. The standard InChI is InChI=1S/C47H45F2N11O5/c1-24-17-31(18-25(2)40(24)48)60-42(57-14-13-56(46(57)63)36-8-7-35-32(41(36)49)22-51-59(35)30-5-6-30)39-27(4)55(12-9-33(39)53-60)43(61)37-20-29-19-34(28-10-15-64-16-11-28)50-23-38(29)58(37)47(21-26(47)3)44-52-45(62)65-54-44/h7-8,13-14,17-20,22-23,26-28,30H,5-6,9-12,15-16,21H2,1-4H3,(H,52,54,62)/t26-,27-,47-/m0/s1. The lowest BCUT2D eigenvalue weighted by molar-refractivity contribution is 0.0663. The van der Waals surface area contributed by atoms with Crippen LogP contribution < -0.4 is 11.4 Å². The first-order valence-corrected chi connectivity index (χ1v) is 22.3. The van der Waals surface area contributed by atoms with Gasteiger partial charge in [-0.1, -0.05) is 12.1 Å². The number of fused-ring (bicyclic) bond motifs is 3. The predicted octanol–water partition coefficient (Wildman–Crippen LogP) is 6.86. The van der Waals surface area contributed by atoms with Crippen LogP contribution in [0.1, 0.15) is 108 Å². The SMILES string of the molecule is Cc1cc(-n2nc3c(c2-n2ccn(-c4ccc5c(cnn5C5CC5)c4F)c2=O)[C@H](C)N(C(=O)c2cc4cc(C5CCOCC5)ncc4n2[C@@]2(c4noc(=O)[nH]4)C[C@@H]2C)CC3)cc(C)c1F. The minimum absolute atomic E-state index is 0.0192. The molecule has 8 heterocycles. The van der Waals surface area contributed by atoms with Gasteiger partial charge in [0.25, 0.3) is 5.91 Å². The maximum Gasteiger partial charge on any atom is 0.438 e. The van der Waals surface area contributed by atoms with Crippen LogP contribution in [0.5, 0.6) is 0 Å². The van der Waals surface area contributed by atoms with E-state index < -0.39 is 28.8 Å². The second-order valence-corrected chi connectivity index (χ2v) is 18.3. The molecule has 0 radical (unpaired) electrons. The van der Waals surface area contributed by atoms with E-state index in [-0.39, 0.29) is 41.8 Å². The van der Waals surface area contributed by atoms with Crippen LogP contribution in [-0.2, 0) is 16.7 Å². The zero-order chi connectivity index (χ0) is 44.6. The monoisotopic (exact) mass is 881 g/mol. The first-order chi connectivity index (χ1) is 31.4. The molecule has 6 aromatic heterocycles. The van der Waals surface area contributed by atoms with Crippen molar-refractivity contribution in [2.75, 3.05) is 19.8 Å². The molecule has 16 nitrogen and oxygen atoms in total. The number of carbonyl (C=O) groups excluding carboxylic acids is 1. The van der Waals surface area contributed by atoms with Crippen LogP contribution >= 0.6 is 0 Å².